The highest BCUT2D eigenvalue weighted by molar-refractivity contribution is 5.99. The minimum Gasteiger partial charge on any atom is -0.398 e. The van der Waals surface area contributed by atoms with Gasteiger partial charge in [-0.05, 0) is 26.0 Å². The SMILES string of the molecule is Cc1ccc(N)c(C(=O)NCc2cn(C)nc2C)c1. The standard InChI is InChI=1S/C14H18N4O/c1-9-4-5-13(15)12(6-9)14(19)16-7-11-8-18(3)17-10(11)2/h4-6,8H,7,15H2,1-3H3,(H,16,19). The van der Waals surface area contributed by atoms with Gasteiger partial charge in [0.15, 0.2) is 0 Å². The van der Waals surface area contributed by atoms with E-state index in [4.69, 9.17) is 5.73 Å². The van der Waals surface area contributed by atoms with Crippen molar-refractivity contribution < 1.29 is 4.79 Å². The van der Waals surface area contributed by atoms with E-state index in [0.29, 0.717) is 17.8 Å². The van der Waals surface area contributed by atoms with Gasteiger partial charge in [-0.1, -0.05) is 11.6 Å². The number of hydrogen-bond acceptors (Lipinski definition) is 3. The van der Waals surface area contributed by atoms with Gasteiger partial charge in [-0.3, -0.25) is 9.48 Å². The van der Waals surface area contributed by atoms with E-state index in [2.05, 4.69) is 10.4 Å². The number of aryl methyl sites for hydroxylation is 3. The van der Waals surface area contributed by atoms with Crippen LogP contribution in [-0.2, 0) is 13.6 Å². The van der Waals surface area contributed by atoms with Crippen molar-refractivity contribution in [1.29, 1.82) is 0 Å². The Morgan fingerprint density at radius 3 is 2.79 bits per heavy atom. The van der Waals surface area contributed by atoms with Gasteiger partial charge in [-0.25, -0.2) is 0 Å². The number of amides is 1. The Morgan fingerprint density at radius 1 is 1.42 bits per heavy atom. The summed E-state index contributed by atoms with van der Waals surface area (Å²) >= 11 is 0. The Kier molecular flexibility index (Phi) is 3.55. The third-order valence-corrected chi connectivity index (χ3v) is 3.01. The van der Waals surface area contributed by atoms with Gasteiger partial charge in [0.2, 0.25) is 0 Å². The van der Waals surface area contributed by atoms with Crippen LogP contribution in [0.1, 0.15) is 27.2 Å². The minimum absolute atomic E-state index is 0.163. The number of carbonyl (C=O) groups excluding carboxylic acids is 1. The summed E-state index contributed by atoms with van der Waals surface area (Å²) in [6, 6.07) is 5.43. The van der Waals surface area contributed by atoms with Crippen molar-refractivity contribution >= 4 is 11.6 Å². The number of aromatic nitrogens is 2. The number of anilines is 1. The molecule has 0 spiro atoms. The van der Waals surface area contributed by atoms with Crippen LogP contribution in [-0.4, -0.2) is 15.7 Å². The summed E-state index contributed by atoms with van der Waals surface area (Å²) in [7, 11) is 1.86. The zero-order valence-electron chi connectivity index (χ0n) is 11.4. The van der Waals surface area contributed by atoms with Crippen LogP contribution in [0.5, 0.6) is 0 Å². The smallest absolute Gasteiger partial charge is 0.253 e. The molecule has 3 N–H and O–H groups in total. The van der Waals surface area contributed by atoms with E-state index in [0.717, 1.165) is 16.8 Å². The molecule has 0 saturated heterocycles. The van der Waals surface area contributed by atoms with Gasteiger partial charge in [-0.15, -0.1) is 0 Å². The van der Waals surface area contributed by atoms with Crippen molar-refractivity contribution in [3.63, 3.8) is 0 Å². The number of carbonyl (C=O) groups is 1. The van der Waals surface area contributed by atoms with Gasteiger partial charge in [0.1, 0.15) is 0 Å². The van der Waals surface area contributed by atoms with E-state index in [1.807, 2.05) is 33.2 Å². The van der Waals surface area contributed by atoms with E-state index in [-0.39, 0.29) is 5.91 Å². The molecule has 5 nitrogen and oxygen atoms in total. The molecule has 0 bridgehead atoms. The highest BCUT2D eigenvalue weighted by Crippen LogP contribution is 2.14. The Labute approximate surface area is 112 Å². The topological polar surface area (TPSA) is 72.9 Å². The highest BCUT2D eigenvalue weighted by Gasteiger charge is 2.11. The molecule has 0 saturated carbocycles. The summed E-state index contributed by atoms with van der Waals surface area (Å²) in [6.07, 6.45) is 1.90. The third kappa shape index (κ3) is 2.93. The van der Waals surface area contributed by atoms with Crippen LogP contribution in [0.15, 0.2) is 24.4 Å². The quantitative estimate of drug-likeness (QED) is 0.820. The third-order valence-electron chi connectivity index (χ3n) is 3.01. The van der Waals surface area contributed by atoms with E-state index in [1.165, 1.54) is 0 Å². The predicted octanol–water partition coefficient (Wildman–Crippen LogP) is 1.55. The van der Waals surface area contributed by atoms with Gasteiger partial charge in [0, 0.05) is 31.0 Å². The van der Waals surface area contributed by atoms with Gasteiger partial charge in [0.05, 0.1) is 11.3 Å². The lowest BCUT2D eigenvalue weighted by Crippen LogP contribution is -2.24. The fourth-order valence-electron chi connectivity index (χ4n) is 1.96. The van der Waals surface area contributed by atoms with Gasteiger partial charge < -0.3 is 11.1 Å². The predicted molar refractivity (Wildman–Crippen MR) is 74.7 cm³/mol. The van der Waals surface area contributed by atoms with Crippen LogP contribution >= 0.6 is 0 Å². The molecule has 1 heterocycles. The number of rotatable bonds is 3. The second-order valence-electron chi connectivity index (χ2n) is 4.69. The fourth-order valence-corrected chi connectivity index (χ4v) is 1.96. The van der Waals surface area contributed by atoms with Crippen LogP contribution in [0.4, 0.5) is 5.69 Å². The first-order valence-corrected chi connectivity index (χ1v) is 6.11. The Hall–Kier alpha value is -2.30. The molecule has 0 aliphatic carbocycles. The van der Waals surface area contributed by atoms with E-state index in [9.17, 15) is 4.79 Å². The number of benzene rings is 1. The minimum atomic E-state index is -0.163. The van der Waals surface area contributed by atoms with E-state index < -0.39 is 0 Å². The van der Waals surface area contributed by atoms with Crippen molar-refractivity contribution in [3.05, 3.63) is 46.8 Å². The van der Waals surface area contributed by atoms with Crippen LogP contribution in [0, 0.1) is 13.8 Å². The fraction of sp³-hybridized carbons (Fsp3) is 0.286. The molecule has 0 atom stereocenters. The summed E-state index contributed by atoms with van der Waals surface area (Å²) in [5.41, 5.74) is 9.75. The number of nitrogens with one attached hydrogen (secondary N) is 1. The number of nitrogen functional groups attached to an aromatic ring is 1. The molecule has 2 aromatic rings. The van der Waals surface area contributed by atoms with Crippen LogP contribution in [0.2, 0.25) is 0 Å². The molecule has 19 heavy (non-hydrogen) atoms. The summed E-state index contributed by atoms with van der Waals surface area (Å²) < 4.78 is 1.73. The van der Waals surface area contributed by atoms with Crippen molar-refractivity contribution in [3.8, 4) is 0 Å². The maximum absolute atomic E-state index is 12.1. The first-order valence-electron chi connectivity index (χ1n) is 6.11. The number of hydrogen-bond donors (Lipinski definition) is 2. The molecular formula is C14H18N4O. The van der Waals surface area contributed by atoms with Crippen LogP contribution in [0.25, 0.3) is 0 Å². The van der Waals surface area contributed by atoms with Gasteiger partial charge in [0.25, 0.3) is 5.91 Å². The number of nitrogens with two attached hydrogens (primary N) is 1. The summed E-state index contributed by atoms with van der Waals surface area (Å²) in [6.45, 7) is 4.30. The molecule has 5 heteroatoms. The lowest BCUT2D eigenvalue weighted by Gasteiger charge is -2.08. The largest absolute Gasteiger partial charge is 0.398 e. The second-order valence-corrected chi connectivity index (χ2v) is 4.69. The molecule has 0 radical (unpaired) electrons. The lowest BCUT2D eigenvalue weighted by molar-refractivity contribution is 0.0951. The van der Waals surface area contributed by atoms with Gasteiger partial charge in [-0.2, -0.15) is 5.10 Å². The summed E-state index contributed by atoms with van der Waals surface area (Å²) in [5.74, 6) is -0.163. The first-order chi connectivity index (χ1) is 8.97. The monoisotopic (exact) mass is 258 g/mol. The lowest BCUT2D eigenvalue weighted by atomic mass is 10.1. The van der Waals surface area contributed by atoms with Crippen molar-refractivity contribution in [2.45, 2.75) is 20.4 Å². The molecule has 0 aliphatic heterocycles. The zero-order valence-corrected chi connectivity index (χ0v) is 11.4. The summed E-state index contributed by atoms with van der Waals surface area (Å²) in [5, 5.41) is 7.10. The molecule has 0 fully saturated rings. The maximum Gasteiger partial charge on any atom is 0.253 e. The molecular weight excluding hydrogens is 240 g/mol. The molecule has 1 aromatic carbocycles. The normalized spacial score (nSPS) is 10.5. The summed E-state index contributed by atoms with van der Waals surface area (Å²) in [4.78, 5) is 12.1. The first kappa shape index (κ1) is 13.1. The van der Waals surface area contributed by atoms with E-state index in [1.54, 1.807) is 16.8 Å². The van der Waals surface area contributed by atoms with Crippen LogP contribution < -0.4 is 11.1 Å². The Bertz CT molecular complexity index is 616. The molecule has 1 aromatic heterocycles. The van der Waals surface area contributed by atoms with Crippen molar-refractivity contribution in [2.24, 2.45) is 7.05 Å². The molecule has 2 rings (SSSR count). The molecule has 0 aliphatic rings. The second kappa shape index (κ2) is 5.14. The average Bonchev–Trinajstić information content (AvgIpc) is 2.68. The van der Waals surface area contributed by atoms with Crippen LogP contribution in [0.3, 0.4) is 0 Å². The van der Waals surface area contributed by atoms with E-state index >= 15 is 0 Å². The molecule has 0 unspecified atom stereocenters. The number of nitrogens with zero attached hydrogens (tertiary/aromatic N) is 2. The van der Waals surface area contributed by atoms with Gasteiger partial charge >= 0.3 is 0 Å². The highest BCUT2D eigenvalue weighted by atomic mass is 16.1. The molecule has 100 valence electrons. The average molecular weight is 258 g/mol. The van der Waals surface area contributed by atoms with Crippen molar-refractivity contribution in [2.75, 3.05) is 5.73 Å². The zero-order chi connectivity index (χ0) is 14.0. The maximum atomic E-state index is 12.1. The van der Waals surface area contributed by atoms with Crippen molar-refractivity contribution in [1.82, 2.24) is 15.1 Å². The Morgan fingerprint density at radius 2 is 2.16 bits per heavy atom. The Balaban J connectivity index is 2.09. The molecule has 1 amide bonds.